The molecule has 0 aromatic heterocycles. The highest BCUT2D eigenvalue weighted by Gasteiger charge is 2.40. The molecule has 3 rings (SSSR count). The quantitative estimate of drug-likeness (QED) is 0.568. The van der Waals surface area contributed by atoms with Crippen LogP contribution in [0.4, 0.5) is 4.39 Å². The Morgan fingerprint density at radius 3 is 2.67 bits per heavy atom. The molecule has 0 spiro atoms. The molecular formula is C21H33FN4O. The van der Waals surface area contributed by atoms with Gasteiger partial charge in [0, 0.05) is 44.7 Å². The van der Waals surface area contributed by atoms with E-state index >= 15 is 0 Å². The lowest BCUT2D eigenvalue weighted by Gasteiger charge is -2.33. The summed E-state index contributed by atoms with van der Waals surface area (Å²) < 4.78 is 19.6. The maximum atomic E-state index is 13.9. The lowest BCUT2D eigenvalue weighted by molar-refractivity contribution is 0.0532. The molecule has 1 aromatic rings. The van der Waals surface area contributed by atoms with Gasteiger partial charge in [0.2, 0.25) is 0 Å². The molecule has 27 heavy (non-hydrogen) atoms. The van der Waals surface area contributed by atoms with E-state index in [-0.39, 0.29) is 17.8 Å². The summed E-state index contributed by atoms with van der Waals surface area (Å²) in [6, 6.07) is 7.77. The van der Waals surface area contributed by atoms with Crippen LogP contribution >= 0.6 is 0 Å². The van der Waals surface area contributed by atoms with Crippen LogP contribution in [0.3, 0.4) is 0 Å². The fourth-order valence-electron chi connectivity index (χ4n) is 3.73. The Kier molecular flexibility index (Phi) is 7.07. The van der Waals surface area contributed by atoms with Crippen LogP contribution < -0.4 is 10.6 Å². The smallest absolute Gasteiger partial charge is 0.191 e. The van der Waals surface area contributed by atoms with E-state index in [1.165, 1.54) is 6.07 Å². The number of rotatable bonds is 7. The summed E-state index contributed by atoms with van der Waals surface area (Å²) in [5.41, 5.74) is 0.808. The molecule has 150 valence electrons. The van der Waals surface area contributed by atoms with Crippen LogP contribution in [0.5, 0.6) is 0 Å². The maximum absolute atomic E-state index is 13.9. The average Bonchev–Trinajstić information content (AvgIpc) is 3.41. The first-order valence-corrected chi connectivity index (χ1v) is 10.1. The van der Waals surface area contributed by atoms with Crippen molar-refractivity contribution in [3.8, 4) is 0 Å². The molecule has 1 aliphatic carbocycles. The van der Waals surface area contributed by atoms with Gasteiger partial charge in [-0.05, 0) is 44.7 Å². The van der Waals surface area contributed by atoms with Crippen LogP contribution in [0.25, 0.3) is 0 Å². The first kappa shape index (κ1) is 20.1. The molecule has 6 heteroatoms. The first-order valence-electron chi connectivity index (χ1n) is 10.1. The number of nitrogens with zero attached hydrogens (tertiary/aromatic N) is 2. The molecule has 0 radical (unpaired) electrons. The molecule has 1 aliphatic heterocycles. The second-order valence-corrected chi connectivity index (χ2v) is 7.87. The minimum absolute atomic E-state index is 0.108. The van der Waals surface area contributed by atoms with Crippen molar-refractivity contribution in [2.45, 2.75) is 57.2 Å². The van der Waals surface area contributed by atoms with Crippen LogP contribution in [0.15, 0.2) is 29.3 Å². The summed E-state index contributed by atoms with van der Waals surface area (Å²) in [4.78, 5) is 6.83. The molecule has 0 bridgehead atoms. The molecule has 1 aromatic carbocycles. The minimum atomic E-state index is -0.108. The largest absolute Gasteiger partial charge is 0.377 e. The number of benzene rings is 1. The lowest BCUT2D eigenvalue weighted by atomic mass is 10.1. The zero-order valence-corrected chi connectivity index (χ0v) is 16.7. The van der Waals surface area contributed by atoms with Gasteiger partial charge in [0.15, 0.2) is 5.96 Å². The van der Waals surface area contributed by atoms with Crippen molar-refractivity contribution in [2.24, 2.45) is 4.99 Å². The summed E-state index contributed by atoms with van der Waals surface area (Å²) in [6.45, 7) is 8.12. The van der Waals surface area contributed by atoms with Crippen LogP contribution in [-0.4, -0.2) is 62.3 Å². The number of guanidine groups is 1. The Labute approximate surface area is 162 Å². The Hall–Kier alpha value is -1.66. The predicted molar refractivity (Wildman–Crippen MR) is 108 cm³/mol. The van der Waals surface area contributed by atoms with Crippen LogP contribution in [0, 0.1) is 5.82 Å². The molecule has 2 unspecified atom stereocenters. The summed E-state index contributed by atoms with van der Waals surface area (Å²) >= 11 is 0. The van der Waals surface area contributed by atoms with Gasteiger partial charge in [-0.1, -0.05) is 18.2 Å². The highest BCUT2D eigenvalue weighted by molar-refractivity contribution is 5.80. The third-order valence-electron chi connectivity index (χ3n) is 5.43. The fourth-order valence-corrected chi connectivity index (χ4v) is 3.73. The van der Waals surface area contributed by atoms with Gasteiger partial charge in [-0.3, -0.25) is 4.99 Å². The molecule has 1 heterocycles. The van der Waals surface area contributed by atoms with Crippen molar-refractivity contribution < 1.29 is 9.13 Å². The maximum Gasteiger partial charge on any atom is 0.191 e. The summed E-state index contributed by atoms with van der Waals surface area (Å²) in [7, 11) is 1.80. The number of ether oxygens (including phenoxy) is 1. The zero-order valence-electron chi connectivity index (χ0n) is 16.7. The lowest BCUT2D eigenvalue weighted by Crippen LogP contribution is -2.49. The number of aliphatic imine (C=N–C) groups is 1. The minimum Gasteiger partial charge on any atom is -0.377 e. The van der Waals surface area contributed by atoms with Crippen molar-refractivity contribution in [1.29, 1.82) is 0 Å². The van der Waals surface area contributed by atoms with Gasteiger partial charge < -0.3 is 20.3 Å². The van der Waals surface area contributed by atoms with Crippen molar-refractivity contribution in [1.82, 2.24) is 15.5 Å². The fraction of sp³-hybridized carbons (Fsp3) is 0.667. The summed E-state index contributed by atoms with van der Waals surface area (Å²) in [6.07, 6.45) is 3.46. The van der Waals surface area contributed by atoms with Gasteiger partial charge in [-0.2, -0.15) is 0 Å². The second kappa shape index (κ2) is 9.51. The van der Waals surface area contributed by atoms with Crippen LogP contribution in [0.1, 0.15) is 44.6 Å². The van der Waals surface area contributed by atoms with E-state index in [9.17, 15) is 4.39 Å². The zero-order chi connectivity index (χ0) is 19.2. The van der Waals surface area contributed by atoms with E-state index in [0.29, 0.717) is 12.1 Å². The van der Waals surface area contributed by atoms with Gasteiger partial charge in [0.25, 0.3) is 0 Å². The summed E-state index contributed by atoms with van der Waals surface area (Å²) in [5, 5.41) is 7.01. The van der Waals surface area contributed by atoms with Gasteiger partial charge in [-0.15, -0.1) is 0 Å². The number of piperidine rings is 1. The van der Waals surface area contributed by atoms with Gasteiger partial charge in [-0.25, -0.2) is 4.39 Å². The Bertz CT molecular complexity index is 628. The van der Waals surface area contributed by atoms with E-state index in [4.69, 9.17) is 4.74 Å². The van der Waals surface area contributed by atoms with Crippen molar-refractivity contribution in [3.05, 3.63) is 35.6 Å². The molecular weight excluding hydrogens is 343 g/mol. The SMILES string of the molecule is CN=C(NC1CCN(CCOC(C)C)CC1)NC1CC1c1ccccc1F. The second-order valence-electron chi connectivity index (χ2n) is 7.87. The van der Waals surface area contributed by atoms with E-state index in [1.807, 2.05) is 12.1 Å². The standard InChI is InChI=1S/C21H33FN4O/c1-15(2)27-13-12-26-10-8-16(9-11-26)24-21(23-3)25-20-14-18(20)17-6-4-5-7-19(17)22/h4-7,15-16,18,20H,8-14H2,1-3H3,(H2,23,24,25). The normalized spacial score (nSPS) is 24.3. The predicted octanol–water partition coefficient (Wildman–Crippen LogP) is 2.74. The number of hydrogen-bond acceptors (Lipinski definition) is 3. The van der Waals surface area contributed by atoms with Gasteiger partial charge in [0.1, 0.15) is 5.82 Å². The molecule has 0 amide bonds. The number of nitrogens with one attached hydrogen (secondary N) is 2. The van der Waals surface area contributed by atoms with E-state index in [0.717, 1.165) is 57.0 Å². The Morgan fingerprint density at radius 2 is 2.00 bits per heavy atom. The molecule has 5 nitrogen and oxygen atoms in total. The molecule has 2 atom stereocenters. The number of halogens is 1. The van der Waals surface area contributed by atoms with Crippen LogP contribution in [0.2, 0.25) is 0 Å². The summed E-state index contributed by atoms with van der Waals surface area (Å²) in [5.74, 6) is 0.969. The Morgan fingerprint density at radius 1 is 1.26 bits per heavy atom. The van der Waals surface area contributed by atoms with Crippen LogP contribution in [-0.2, 0) is 4.74 Å². The highest BCUT2D eigenvalue weighted by Crippen LogP contribution is 2.41. The molecule has 1 saturated carbocycles. The molecule has 2 N–H and O–H groups in total. The van der Waals surface area contributed by atoms with Gasteiger partial charge in [0.05, 0.1) is 12.7 Å². The van der Waals surface area contributed by atoms with Crippen molar-refractivity contribution in [3.63, 3.8) is 0 Å². The third kappa shape index (κ3) is 5.91. The average molecular weight is 377 g/mol. The first-order chi connectivity index (χ1) is 13.1. The molecule has 1 saturated heterocycles. The molecule has 2 fully saturated rings. The topological polar surface area (TPSA) is 48.9 Å². The third-order valence-corrected chi connectivity index (χ3v) is 5.43. The number of likely N-dealkylation sites (tertiary alicyclic amines) is 1. The number of hydrogen-bond donors (Lipinski definition) is 2. The monoisotopic (exact) mass is 376 g/mol. The Balaban J connectivity index is 1.39. The van der Waals surface area contributed by atoms with E-state index < -0.39 is 0 Å². The van der Waals surface area contributed by atoms with E-state index in [1.54, 1.807) is 13.1 Å². The molecule has 2 aliphatic rings. The van der Waals surface area contributed by atoms with Crippen molar-refractivity contribution >= 4 is 5.96 Å². The van der Waals surface area contributed by atoms with E-state index in [2.05, 4.69) is 34.4 Å². The highest BCUT2D eigenvalue weighted by atomic mass is 19.1. The van der Waals surface area contributed by atoms with Crippen molar-refractivity contribution in [2.75, 3.05) is 33.3 Å². The van der Waals surface area contributed by atoms with Gasteiger partial charge >= 0.3 is 0 Å².